The van der Waals surface area contributed by atoms with Crippen LogP contribution in [0.15, 0.2) is 34.7 Å². The first-order valence-corrected chi connectivity index (χ1v) is 9.20. The van der Waals surface area contributed by atoms with Crippen molar-refractivity contribution >= 4 is 5.91 Å². The Morgan fingerprint density at radius 3 is 2.81 bits per heavy atom. The summed E-state index contributed by atoms with van der Waals surface area (Å²) in [5, 5.41) is 8.44. The van der Waals surface area contributed by atoms with Crippen molar-refractivity contribution in [3.63, 3.8) is 0 Å². The highest BCUT2D eigenvalue weighted by Gasteiger charge is 2.45. The molecule has 26 heavy (non-hydrogen) atoms. The largest absolute Gasteiger partial charge is 0.421 e. The molecular weight excluding hydrogens is 330 g/mol. The van der Waals surface area contributed by atoms with Crippen molar-refractivity contribution in [2.24, 2.45) is 11.5 Å². The Labute approximate surface area is 152 Å². The third kappa shape index (κ3) is 3.01. The van der Waals surface area contributed by atoms with Gasteiger partial charge in [-0.1, -0.05) is 30.3 Å². The number of amides is 1. The van der Waals surface area contributed by atoms with Crippen LogP contribution in [-0.2, 0) is 16.8 Å². The Balaban J connectivity index is 1.56. The van der Waals surface area contributed by atoms with Crippen molar-refractivity contribution in [2.75, 3.05) is 0 Å². The molecule has 2 aliphatic rings. The Kier molecular flexibility index (Phi) is 4.28. The first-order valence-electron chi connectivity index (χ1n) is 9.20. The number of carbonyl (C=O) groups is 1. The summed E-state index contributed by atoms with van der Waals surface area (Å²) in [4.78, 5) is 14.3. The second-order valence-corrected chi connectivity index (χ2v) is 7.71. The number of aromatic nitrogens is 2. The first-order chi connectivity index (χ1) is 12.5. The molecule has 138 valence electrons. The van der Waals surface area contributed by atoms with Crippen LogP contribution in [0.25, 0.3) is 0 Å². The van der Waals surface area contributed by atoms with Gasteiger partial charge in [0, 0.05) is 6.04 Å². The molecule has 4 rings (SSSR count). The van der Waals surface area contributed by atoms with Gasteiger partial charge in [-0.25, -0.2) is 0 Å². The topological polar surface area (TPSA) is 111 Å². The van der Waals surface area contributed by atoms with Crippen LogP contribution < -0.4 is 11.5 Å². The van der Waals surface area contributed by atoms with Gasteiger partial charge in [-0.2, -0.15) is 0 Å². The molecule has 2 fully saturated rings. The lowest BCUT2D eigenvalue weighted by Crippen LogP contribution is -2.42. The Bertz CT molecular complexity index is 788. The highest BCUT2D eigenvalue weighted by Crippen LogP contribution is 2.39. The summed E-state index contributed by atoms with van der Waals surface area (Å²) in [7, 11) is 0. The number of rotatable bonds is 4. The van der Waals surface area contributed by atoms with Crippen LogP contribution in [0.4, 0.5) is 0 Å². The molecule has 2 aromatic rings. The van der Waals surface area contributed by atoms with Gasteiger partial charge in [0.1, 0.15) is 6.04 Å². The molecule has 1 aromatic carbocycles. The number of hydrogen-bond donors (Lipinski definition) is 2. The standard InChI is InChI=1S/C19H25N5O2/c1-19(21,11-12-6-3-2-4-7-12)18-23-22-16(26-18)15-9-5-8-13-10-14(20)17(25)24(13)15/h2-4,6-7,13-15H,5,8-11,20-21H2,1H3/t13?,14?,15?,19-/m1/s1. The molecule has 2 saturated heterocycles. The van der Waals surface area contributed by atoms with Crippen molar-refractivity contribution < 1.29 is 9.21 Å². The summed E-state index contributed by atoms with van der Waals surface area (Å²) in [6, 6.07) is 9.56. The highest BCUT2D eigenvalue weighted by molar-refractivity contribution is 5.84. The van der Waals surface area contributed by atoms with Gasteiger partial charge in [-0.15, -0.1) is 10.2 Å². The molecule has 0 spiro atoms. The molecule has 1 amide bonds. The average Bonchev–Trinajstić information content (AvgIpc) is 3.22. The van der Waals surface area contributed by atoms with Gasteiger partial charge >= 0.3 is 0 Å². The molecule has 0 aliphatic carbocycles. The molecule has 4 atom stereocenters. The minimum absolute atomic E-state index is 0.0146. The molecule has 0 bridgehead atoms. The normalized spacial score (nSPS) is 28.0. The van der Waals surface area contributed by atoms with Crippen LogP contribution in [0.1, 0.15) is 56.0 Å². The van der Waals surface area contributed by atoms with E-state index in [1.165, 1.54) is 0 Å². The van der Waals surface area contributed by atoms with E-state index in [1.807, 2.05) is 42.2 Å². The van der Waals surface area contributed by atoms with Gasteiger partial charge in [0.25, 0.3) is 0 Å². The second-order valence-electron chi connectivity index (χ2n) is 7.71. The zero-order chi connectivity index (χ0) is 18.3. The van der Waals surface area contributed by atoms with Gasteiger partial charge in [0.05, 0.1) is 11.6 Å². The number of hydrogen-bond acceptors (Lipinski definition) is 6. The second kappa shape index (κ2) is 6.48. The van der Waals surface area contributed by atoms with Crippen LogP contribution in [0.5, 0.6) is 0 Å². The van der Waals surface area contributed by atoms with Crippen molar-refractivity contribution in [2.45, 2.75) is 62.7 Å². The number of nitrogens with two attached hydrogens (primary N) is 2. The van der Waals surface area contributed by atoms with Gasteiger partial charge in [0.2, 0.25) is 17.7 Å². The first kappa shape index (κ1) is 17.2. The molecule has 0 saturated carbocycles. The SMILES string of the molecule is C[C@@](N)(Cc1ccccc1)c1nnc(C2CCCC3CC(N)C(=O)N32)o1. The summed E-state index contributed by atoms with van der Waals surface area (Å²) in [6.07, 6.45) is 4.12. The Morgan fingerprint density at radius 2 is 2.04 bits per heavy atom. The fourth-order valence-electron chi connectivity index (χ4n) is 4.17. The van der Waals surface area contributed by atoms with Crippen LogP contribution >= 0.6 is 0 Å². The lowest BCUT2D eigenvalue weighted by atomic mass is 9.94. The molecule has 7 heteroatoms. The van der Waals surface area contributed by atoms with Crippen LogP contribution in [0.3, 0.4) is 0 Å². The fourth-order valence-corrected chi connectivity index (χ4v) is 4.17. The third-order valence-electron chi connectivity index (χ3n) is 5.47. The number of benzene rings is 1. The monoisotopic (exact) mass is 355 g/mol. The molecule has 7 nitrogen and oxygen atoms in total. The third-order valence-corrected chi connectivity index (χ3v) is 5.47. The minimum atomic E-state index is -0.772. The maximum atomic E-state index is 12.5. The molecule has 0 radical (unpaired) electrons. The van der Waals surface area contributed by atoms with E-state index >= 15 is 0 Å². The van der Waals surface area contributed by atoms with Crippen molar-refractivity contribution in [3.05, 3.63) is 47.7 Å². The highest BCUT2D eigenvalue weighted by atomic mass is 16.4. The summed E-state index contributed by atoms with van der Waals surface area (Å²) in [6.45, 7) is 1.89. The molecule has 4 N–H and O–H groups in total. The van der Waals surface area contributed by atoms with Crippen LogP contribution in [-0.4, -0.2) is 33.1 Å². The van der Waals surface area contributed by atoms with E-state index in [2.05, 4.69) is 10.2 Å². The van der Waals surface area contributed by atoms with Crippen molar-refractivity contribution in [3.8, 4) is 0 Å². The molecule has 3 unspecified atom stereocenters. The average molecular weight is 355 g/mol. The molecule has 1 aromatic heterocycles. The summed E-state index contributed by atoms with van der Waals surface area (Å²) < 4.78 is 5.97. The number of piperidine rings is 1. The summed E-state index contributed by atoms with van der Waals surface area (Å²) >= 11 is 0. The summed E-state index contributed by atoms with van der Waals surface area (Å²) in [5.41, 5.74) is 12.8. The van der Waals surface area contributed by atoms with E-state index in [4.69, 9.17) is 15.9 Å². The fraction of sp³-hybridized carbons (Fsp3) is 0.526. The van der Waals surface area contributed by atoms with E-state index in [9.17, 15) is 4.79 Å². The van der Waals surface area contributed by atoms with Crippen molar-refractivity contribution in [1.82, 2.24) is 15.1 Å². The Hall–Kier alpha value is -2.25. The lowest BCUT2D eigenvalue weighted by molar-refractivity contribution is -0.134. The van der Waals surface area contributed by atoms with Gasteiger partial charge in [0.15, 0.2) is 0 Å². The van der Waals surface area contributed by atoms with E-state index in [-0.39, 0.29) is 18.0 Å². The van der Waals surface area contributed by atoms with E-state index in [1.54, 1.807) is 0 Å². The van der Waals surface area contributed by atoms with E-state index in [0.717, 1.165) is 24.8 Å². The van der Waals surface area contributed by atoms with Crippen LogP contribution in [0.2, 0.25) is 0 Å². The summed E-state index contributed by atoms with van der Waals surface area (Å²) in [5.74, 6) is 0.852. The van der Waals surface area contributed by atoms with E-state index < -0.39 is 11.6 Å². The quantitative estimate of drug-likeness (QED) is 0.862. The Morgan fingerprint density at radius 1 is 1.27 bits per heavy atom. The number of fused-ring (bicyclic) bond motifs is 1. The smallest absolute Gasteiger partial charge is 0.240 e. The van der Waals surface area contributed by atoms with E-state index in [0.29, 0.717) is 24.6 Å². The molecular formula is C19H25N5O2. The van der Waals surface area contributed by atoms with Crippen LogP contribution in [0, 0.1) is 0 Å². The van der Waals surface area contributed by atoms with Gasteiger partial charge < -0.3 is 20.8 Å². The van der Waals surface area contributed by atoms with Gasteiger partial charge in [-0.05, 0) is 44.6 Å². The lowest BCUT2D eigenvalue weighted by Gasteiger charge is -2.35. The predicted octanol–water partition coefficient (Wildman–Crippen LogP) is 1.64. The zero-order valence-electron chi connectivity index (χ0n) is 15.0. The minimum Gasteiger partial charge on any atom is -0.421 e. The zero-order valence-corrected chi connectivity index (χ0v) is 15.0. The number of carbonyl (C=O) groups excluding carboxylic acids is 1. The molecule has 2 aliphatic heterocycles. The maximum absolute atomic E-state index is 12.5. The van der Waals surface area contributed by atoms with Gasteiger partial charge in [-0.3, -0.25) is 4.79 Å². The predicted molar refractivity (Wildman–Crippen MR) is 95.8 cm³/mol. The number of nitrogens with zero attached hydrogens (tertiary/aromatic N) is 3. The van der Waals surface area contributed by atoms with Crippen molar-refractivity contribution in [1.29, 1.82) is 0 Å². The maximum Gasteiger partial charge on any atom is 0.240 e. The molecule has 3 heterocycles.